The van der Waals surface area contributed by atoms with Gasteiger partial charge in [0.25, 0.3) is 15.0 Å². The lowest BCUT2D eigenvalue weighted by Gasteiger charge is -2.25. The van der Waals surface area contributed by atoms with Crippen molar-refractivity contribution >= 4 is 48.8 Å². The molecule has 116 valence electrons. The monoisotopic (exact) mass is 369 g/mol. The van der Waals surface area contributed by atoms with Crippen LogP contribution in [-0.2, 0) is 9.05 Å². The van der Waals surface area contributed by atoms with Crippen molar-refractivity contribution < 1.29 is 13.2 Å². The quantitative estimate of drug-likeness (QED) is 0.757. The summed E-state index contributed by atoms with van der Waals surface area (Å²) in [7, 11) is 2.94. The van der Waals surface area contributed by atoms with Gasteiger partial charge in [-0.3, -0.25) is 4.79 Å². The predicted octanol–water partition coefficient (Wildman–Crippen LogP) is 3.94. The van der Waals surface area contributed by atoms with Gasteiger partial charge < -0.3 is 4.90 Å². The smallest absolute Gasteiger partial charge is 0.262 e. The van der Waals surface area contributed by atoms with Crippen molar-refractivity contribution in [2.75, 3.05) is 7.05 Å². The lowest BCUT2D eigenvalue weighted by molar-refractivity contribution is 0.0735. The fourth-order valence-electron chi connectivity index (χ4n) is 2.54. The maximum absolute atomic E-state index is 12.5. The zero-order valence-corrected chi connectivity index (χ0v) is 14.4. The largest absolute Gasteiger partial charge is 0.339 e. The lowest BCUT2D eigenvalue weighted by atomic mass is 10.1. The minimum Gasteiger partial charge on any atom is -0.339 e. The van der Waals surface area contributed by atoms with Crippen molar-refractivity contribution in [3.63, 3.8) is 0 Å². The third-order valence-corrected chi connectivity index (χ3v) is 5.77. The van der Waals surface area contributed by atoms with Gasteiger partial charge in [0, 0.05) is 28.8 Å². The van der Waals surface area contributed by atoms with Gasteiger partial charge in [0.2, 0.25) is 0 Å². The van der Waals surface area contributed by atoms with Crippen LogP contribution in [0.5, 0.6) is 0 Å². The van der Waals surface area contributed by atoms with Gasteiger partial charge >= 0.3 is 0 Å². The van der Waals surface area contributed by atoms with Gasteiger partial charge in [-0.2, -0.15) is 0 Å². The second-order valence-corrected chi connectivity index (χ2v) is 8.41. The molecule has 1 aromatic rings. The number of amides is 1. The molecule has 1 aromatic carbocycles. The average Bonchev–Trinajstić information content (AvgIpc) is 2.92. The number of nitrogens with zero attached hydrogens (tertiary/aromatic N) is 1. The maximum Gasteiger partial charge on any atom is 0.262 e. The van der Waals surface area contributed by atoms with E-state index in [4.69, 9.17) is 33.9 Å². The van der Waals surface area contributed by atoms with Gasteiger partial charge in [0.15, 0.2) is 0 Å². The molecular weight excluding hydrogens is 357 g/mol. The molecule has 1 aliphatic carbocycles. The molecule has 0 bridgehead atoms. The molecule has 21 heavy (non-hydrogen) atoms. The van der Waals surface area contributed by atoms with Crippen molar-refractivity contribution in [3.8, 4) is 0 Å². The van der Waals surface area contributed by atoms with Crippen molar-refractivity contribution in [2.24, 2.45) is 0 Å². The van der Waals surface area contributed by atoms with Crippen LogP contribution in [0, 0.1) is 0 Å². The summed E-state index contributed by atoms with van der Waals surface area (Å²) in [6, 6.07) is 2.64. The number of carbonyl (C=O) groups excluding carboxylic acids is 1. The number of carbonyl (C=O) groups is 1. The van der Waals surface area contributed by atoms with E-state index >= 15 is 0 Å². The Morgan fingerprint density at radius 2 is 1.81 bits per heavy atom. The predicted molar refractivity (Wildman–Crippen MR) is 83.9 cm³/mol. The molecular formula is C13H14Cl3NO3S. The molecule has 0 radical (unpaired) electrons. The van der Waals surface area contributed by atoms with Crippen LogP contribution in [0.4, 0.5) is 0 Å². The van der Waals surface area contributed by atoms with Crippen LogP contribution in [0.25, 0.3) is 0 Å². The summed E-state index contributed by atoms with van der Waals surface area (Å²) in [5, 5.41) is -0.0916. The first-order valence-electron chi connectivity index (χ1n) is 6.42. The van der Waals surface area contributed by atoms with Crippen molar-refractivity contribution in [1.82, 2.24) is 4.90 Å². The Bertz CT molecular complexity index is 669. The summed E-state index contributed by atoms with van der Waals surface area (Å²) >= 11 is 11.9. The van der Waals surface area contributed by atoms with Crippen LogP contribution in [0.15, 0.2) is 17.0 Å². The van der Waals surface area contributed by atoms with Gasteiger partial charge in [0.05, 0.1) is 10.6 Å². The van der Waals surface area contributed by atoms with E-state index in [-0.39, 0.29) is 32.5 Å². The van der Waals surface area contributed by atoms with Gasteiger partial charge in [-0.15, -0.1) is 0 Å². The number of hydrogen-bond acceptors (Lipinski definition) is 3. The second kappa shape index (κ2) is 6.32. The molecule has 8 heteroatoms. The Balaban J connectivity index is 2.44. The molecule has 0 spiro atoms. The van der Waals surface area contributed by atoms with Crippen LogP contribution < -0.4 is 0 Å². The molecule has 1 saturated carbocycles. The fourth-order valence-corrected chi connectivity index (χ4v) is 4.40. The minimum atomic E-state index is -4.07. The number of hydrogen-bond donors (Lipinski definition) is 0. The van der Waals surface area contributed by atoms with E-state index < -0.39 is 9.05 Å². The van der Waals surface area contributed by atoms with E-state index in [0.717, 1.165) is 31.7 Å². The highest BCUT2D eigenvalue weighted by Crippen LogP contribution is 2.33. The zero-order chi connectivity index (χ0) is 15.8. The van der Waals surface area contributed by atoms with E-state index in [9.17, 15) is 13.2 Å². The molecule has 0 saturated heterocycles. The summed E-state index contributed by atoms with van der Waals surface area (Å²) in [4.78, 5) is 13.8. The standard InChI is InChI=1S/C13H14Cl3NO3S/c1-17(9-4-2-3-5-9)13(18)10-6-8(14)7-11(12(10)15)21(16,19)20/h6-7,9H,2-5H2,1H3. The molecule has 1 amide bonds. The van der Waals surface area contributed by atoms with E-state index in [1.807, 2.05) is 0 Å². The number of benzene rings is 1. The summed E-state index contributed by atoms with van der Waals surface area (Å²) in [6.07, 6.45) is 4.02. The molecule has 0 aromatic heterocycles. The Morgan fingerprint density at radius 3 is 2.33 bits per heavy atom. The Hall–Kier alpha value is -0.490. The second-order valence-electron chi connectivity index (χ2n) is 5.06. The van der Waals surface area contributed by atoms with Crippen LogP contribution in [0.1, 0.15) is 36.0 Å². The van der Waals surface area contributed by atoms with Gasteiger partial charge in [-0.1, -0.05) is 36.0 Å². The molecule has 0 unspecified atom stereocenters. The van der Waals surface area contributed by atoms with Gasteiger partial charge in [-0.05, 0) is 25.0 Å². The van der Waals surface area contributed by atoms with Crippen LogP contribution >= 0.6 is 33.9 Å². The summed E-state index contributed by atoms with van der Waals surface area (Å²) in [5.74, 6) is -0.351. The molecule has 0 atom stereocenters. The molecule has 1 fully saturated rings. The summed E-state index contributed by atoms with van der Waals surface area (Å²) in [6.45, 7) is 0. The highest BCUT2D eigenvalue weighted by atomic mass is 35.7. The SMILES string of the molecule is CN(C(=O)c1cc(Cl)cc(S(=O)(=O)Cl)c1Cl)C1CCCC1. The molecule has 0 aliphatic heterocycles. The third-order valence-electron chi connectivity index (χ3n) is 3.69. The lowest BCUT2D eigenvalue weighted by Crippen LogP contribution is -2.35. The highest BCUT2D eigenvalue weighted by molar-refractivity contribution is 8.13. The Morgan fingerprint density at radius 1 is 1.24 bits per heavy atom. The first-order chi connectivity index (χ1) is 9.71. The first-order valence-corrected chi connectivity index (χ1v) is 9.49. The summed E-state index contributed by atoms with van der Waals surface area (Å²) < 4.78 is 23.0. The van der Waals surface area contributed by atoms with Crippen LogP contribution in [-0.4, -0.2) is 32.3 Å². The number of rotatable bonds is 3. The van der Waals surface area contributed by atoms with E-state index in [2.05, 4.69) is 0 Å². The third kappa shape index (κ3) is 3.65. The highest BCUT2D eigenvalue weighted by Gasteiger charge is 2.28. The van der Waals surface area contributed by atoms with E-state index in [1.165, 1.54) is 6.07 Å². The number of halogens is 3. The molecule has 4 nitrogen and oxygen atoms in total. The molecule has 0 heterocycles. The molecule has 0 N–H and O–H groups in total. The zero-order valence-electron chi connectivity index (χ0n) is 11.3. The Kier molecular flexibility index (Phi) is 5.08. The summed E-state index contributed by atoms with van der Waals surface area (Å²) in [5.41, 5.74) is 0.0535. The Labute approximate surface area is 138 Å². The minimum absolute atomic E-state index is 0.0535. The van der Waals surface area contributed by atoms with Crippen molar-refractivity contribution in [1.29, 1.82) is 0 Å². The normalized spacial score (nSPS) is 16.2. The average molecular weight is 371 g/mol. The van der Waals surface area contributed by atoms with Gasteiger partial charge in [-0.25, -0.2) is 8.42 Å². The molecule has 1 aliphatic rings. The van der Waals surface area contributed by atoms with Gasteiger partial charge in [0.1, 0.15) is 4.90 Å². The fraction of sp³-hybridized carbons (Fsp3) is 0.462. The van der Waals surface area contributed by atoms with E-state index in [0.29, 0.717) is 0 Å². The van der Waals surface area contributed by atoms with Crippen LogP contribution in [0.3, 0.4) is 0 Å². The van der Waals surface area contributed by atoms with Crippen LogP contribution in [0.2, 0.25) is 10.0 Å². The topological polar surface area (TPSA) is 54.5 Å². The first kappa shape index (κ1) is 16.9. The van der Waals surface area contributed by atoms with E-state index in [1.54, 1.807) is 11.9 Å². The maximum atomic E-state index is 12.5. The van der Waals surface area contributed by atoms with Crippen molar-refractivity contribution in [2.45, 2.75) is 36.6 Å². The van der Waals surface area contributed by atoms with Crippen molar-refractivity contribution in [3.05, 3.63) is 27.7 Å². The molecule has 2 rings (SSSR count).